The first kappa shape index (κ1) is 18.6. The number of carboxylic acid groups (broad SMARTS) is 1. The molecule has 1 aromatic rings. The number of carbonyl (C=O) groups excluding carboxylic acids is 1. The highest BCUT2D eigenvalue weighted by Gasteiger charge is 2.58. The van der Waals surface area contributed by atoms with E-state index in [9.17, 15) is 19.5 Å². The van der Waals surface area contributed by atoms with Crippen LogP contribution in [0.25, 0.3) is 0 Å². The number of pyridine rings is 1. The Hall–Kier alpha value is -2.19. The van der Waals surface area contributed by atoms with Crippen LogP contribution < -0.4 is 5.43 Å². The Bertz CT molecular complexity index is 790. The molecule has 0 saturated carbocycles. The molecule has 3 rings (SSSR count). The maximum atomic E-state index is 12.1. The van der Waals surface area contributed by atoms with Gasteiger partial charge in [-0.1, -0.05) is 0 Å². The molecular weight excluding hydrogens is 338 g/mol. The topological polar surface area (TPSA) is 103 Å². The van der Waals surface area contributed by atoms with Crippen molar-refractivity contribution in [1.82, 2.24) is 14.8 Å². The van der Waals surface area contributed by atoms with Crippen molar-refractivity contribution in [3.05, 3.63) is 33.2 Å². The number of aromatic nitrogens is 1. The highest BCUT2D eigenvalue weighted by Crippen LogP contribution is 2.43. The number of H-pyrrole nitrogens is 1. The van der Waals surface area contributed by atoms with E-state index in [0.29, 0.717) is 37.3 Å². The minimum absolute atomic E-state index is 0.0161. The van der Waals surface area contributed by atoms with Gasteiger partial charge in [-0.05, 0) is 13.8 Å². The molecule has 1 amide bonds. The van der Waals surface area contributed by atoms with Crippen LogP contribution in [0.1, 0.15) is 16.8 Å². The van der Waals surface area contributed by atoms with Crippen molar-refractivity contribution in [2.24, 2.45) is 11.3 Å². The average molecular weight is 363 g/mol. The van der Waals surface area contributed by atoms with Gasteiger partial charge in [0.1, 0.15) is 12.0 Å². The Morgan fingerprint density at radius 1 is 1.35 bits per heavy atom. The standard InChI is InChI=1S/C18H25N3O5/c1-11-4-19-14(12(2)16(11)23)7-20-5-13-6-21(15(22)8-26-3)10-18(13,9-20)17(24)25/h4,13H,5-10H2,1-3H3,(H,19,23)(H,24,25)/t13-,18-/m0/s1. The van der Waals surface area contributed by atoms with Crippen LogP contribution in [-0.4, -0.2) is 71.7 Å². The normalized spacial score (nSPS) is 25.5. The third-order valence-electron chi connectivity index (χ3n) is 5.72. The lowest BCUT2D eigenvalue weighted by atomic mass is 9.81. The van der Waals surface area contributed by atoms with Gasteiger partial charge in [-0.25, -0.2) is 0 Å². The molecule has 0 spiro atoms. The van der Waals surface area contributed by atoms with Crippen LogP contribution in [0.4, 0.5) is 0 Å². The number of ether oxygens (including phenoxy) is 1. The maximum absolute atomic E-state index is 12.1. The Kier molecular flexibility index (Phi) is 4.90. The number of aromatic amines is 1. The molecule has 1 aromatic heterocycles. The number of aliphatic carboxylic acids is 1. The average Bonchev–Trinajstić information content (AvgIpc) is 3.11. The molecule has 2 fully saturated rings. The summed E-state index contributed by atoms with van der Waals surface area (Å²) in [5, 5.41) is 9.87. The van der Waals surface area contributed by atoms with Crippen LogP contribution in [0, 0.1) is 25.2 Å². The molecule has 2 aliphatic rings. The predicted octanol–water partition coefficient (Wildman–Crippen LogP) is -0.0169. The lowest BCUT2D eigenvalue weighted by molar-refractivity contribution is -0.149. The van der Waals surface area contributed by atoms with Gasteiger partial charge >= 0.3 is 5.97 Å². The van der Waals surface area contributed by atoms with Crippen molar-refractivity contribution in [1.29, 1.82) is 0 Å². The van der Waals surface area contributed by atoms with Crippen LogP contribution >= 0.6 is 0 Å². The minimum Gasteiger partial charge on any atom is -0.481 e. The zero-order valence-electron chi connectivity index (χ0n) is 15.4. The third-order valence-corrected chi connectivity index (χ3v) is 5.72. The first-order valence-electron chi connectivity index (χ1n) is 8.68. The molecule has 0 radical (unpaired) electrons. The van der Waals surface area contributed by atoms with Crippen LogP contribution in [0.5, 0.6) is 0 Å². The molecule has 0 unspecified atom stereocenters. The van der Waals surface area contributed by atoms with E-state index in [1.807, 2.05) is 0 Å². The second-order valence-corrected chi connectivity index (χ2v) is 7.44. The van der Waals surface area contributed by atoms with Crippen molar-refractivity contribution < 1.29 is 19.4 Å². The number of rotatable bonds is 5. The minimum atomic E-state index is -0.956. The lowest BCUT2D eigenvalue weighted by Crippen LogP contribution is -2.42. The number of hydrogen-bond donors (Lipinski definition) is 2. The largest absolute Gasteiger partial charge is 0.481 e. The fourth-order valence-electron chi connectivity index (χ4n) is 4.19. The first-order chi connectivity index (χ1) is 12.3. The van der Waals surface area contributed by atoms with E-state index in [2.05, 4.69) is 9.88 Å². The molecule has 142 valence electrons. The van der Waals surface area contributed by atoms with Crippen LogP contribution in [-0.2, 0) is 20.9 Å². The zero-order chi connectivity index (χ0) is 19.1. The smallest absolute Gasteiger partial charge is 0.313 e. The summed E-state index contributed by atoms with van der Waals surface area (Å²) in [7, 11) is 1.45. The van der Waals surface area contributed by atoms with E-state index in [0.717, 1.165) is 5.69 Å². The number of carbonyl (C=O) groups is 2. The summed E-state index contributed by atoms with van der Waals surface area (Å²) in [4.78, 5) is 43.1. The number of nitrogens with one attached hydrogen (secondary N) is 1. The molecule has 2 atom stereocenters. The number of fused-ring (bicyclic) bond motifs is 1. The lowest BCUT2D eigenvalue weighted by Gasteiger charge is -2.25. The van der Waals surface area contributed by atoms with Gasteiger partial charge in [0.25, 0.3) is 0 Å². The molecule has 8 heteroatoms. The highest BCUT2D eigenvalue weighted by molar-refractivity contribution is 5.82. The van der Waals surface area contributed by atoms with Crippen LogP contribution in [0.15, 0.2) is 11.0 Å². The number of carboxylic acids is 1. The predicted molar refractivity (Wildman–Crippen MR) is 93.8 cm³/mol. The second kappa shape index (κ2) is 6.85. The van der Waals surface area contributed by atoms with Gasteiger partial charge in [-0.3, -0.25) is 19.3 Å². The van der Waals surface area contributed by atoms with Gasteiger partial charge in [-0.2, -0.15) is 0 Å². The van der Waals surface area contributed by atoms with Gasteiger partial charge in [0.15, 0.2) is 5.43 Å². The van der Waals surface area contributed by atoms with Crippen molar-refractivity contribution in [2.45, 2.75) is 20.4 Å². The van der Waals surface area contributed by atoms with Crippen molar-refractivity contribution in [3.63, 3.8) is 0 Å². The summed E-state index contributed by atoms with van der Waals surface area (Å²) in [6, 6.07) is 0. The van der Waals surface area contributed by atoms with Crippen LogP contribution in [0.2, 0.25) is 0 Å². The summed E-state index contributed by atoms with van der Waals surface area (Å²) >= 11 is 0. The van der Waals surface area contributed by atoms with E-state index in [1.54, 1.807) is 24.9 Å². The molecule has 0 aliphatic carbocycles. The SMILES string of the molecule is COCC(=O)N1C[C@@H]2CN(Cc3[nH]cc(C)c(=O)c3C)C[C@]2(C(=O)O)C1. The summed E-state index contributed by atoms with van der Waals surface area (Å²) in [5.74, 6) is -1.17. The molecular formula is C18H25N3O5. The number of methoxy groups -OCH3 is 1. The second-order valence-electron chi connectivity index (χ2n) is 7.44. The van der Waals surface area contributed by atoms with Crippen molar-refractivity contribution in [2.75, 3.05) is 39.9 Å². The molecule has 0 bridgehead atoms. The fourth-order valence-corrected chi connectivity index (χ4v) is 4.19. The first-order valence-corrected chi connectivity index (χ1v) is 8.68. The number of nitrogens with zero attached hydrogens (tertiary/aromatic N) is 2. The van der Waals surface area contributed by atoms with Crippen LogP contribution in [0.3, 0.4) is 0 Å². The molecule has 26 heavy (non-hydrogen) atoms. The summed E-state index contributed by atoms with van der Waals surface area (Å²) < 4.78 is 4.88. The number of amides is 1. The molecule has 8 nitrogen and oxygen atoms in total. The Morgan fingerprint density at radius 3 is 2.69 bits per heavy atom. The Balaban J connectivity index is 1.77. The molecule has 0 aromatic carbocycles. The van der Waals surface area contributed by atoms with E-state index in [-0.39, 0.29) is 30.4 Å². The van der Waals surface area contributed by atoms with E-state index < -0.39 is 11.4 Å². The zero-order valence-corrected chi connectivity index (χ0v) is 15.4. The number of likely N-dealkylation sites (tertiary alicyclic amines) is 2. The van der Waals surface area contributed by atoms with Crippen molar-refractivity contribution in [3.8, 4) is 0 Å². The highest BCUT2D eigenvalue weighted by atomic mass is 16.5. The monoisotopic (exact) mass is 363 g/mol. The summed E-state index contributed by atoms with van der Waals surface area (Å²) in [5.41, 5.74) is 1.21. The Morgan fingerprint density at radius 2 is 2.08 bits per heavy atom. The van der Waals surface area contributed by atoms with Gasteiger partial charge < -0.3 is 19.7 Å². The van der Waals surface area contributed by atoms with Gasteiger partial charge in [0.05, 0.1) is 0 Å². The number of hydrogen-bond acceptors (Lipinski definition) is 5. The van der Waals surface area contributed by atoms with Gasteiger partial charge in [0, 0.05) is 68.8 Å². The summed E-state index contributed by atoms with van der Waals surface area (Å²) in [6.07, 6.45) is 1.69. The van der Waals surface area contributed by atoms with E-state index in [1.165, 1.54) is 7.11 Å². The quantitative estimate of drug-likeness (QED) is 0.762. The third kappa shape index (κ3) is 3.03. The number of aryl methyl sites for hydroxylation is 1. The van der Waals surface area contributed by atoms with Crippen molar-refractivity contribution >= 4 is 11.9 Å². The fraction of sp³-hybridized carbons (Fsp3) is 0.611. The van der Waals surface area contributed by atoms with E-state index >= 15 is 0 Å². The Labute approximate surface area is 151 Å². The molecule has 2 saturated heterocycles. The summed E-state index contributed by atoms with van der Waals surface area (Å²) in [6.45, 7) is 5.59. The maximum Gasteiger partial charge on any atom is 0.313 e. The van der Waals surface area contributed by atoms with E-state index in [4.69, 9.17) is 4.74 Å². The molecule has 2 N–H and O–H groups in total. The van der Waals surface area contributed by atoms with Gasteiger partial charge in [0.2, 0.25) is 5.91 Å². The molecule has 3 heterocycles. The molecule has 2 aliphatic heterocycles. The van der Waals surface area contributed by atoms with Gasteiger partial charge in [-0.15, -0.1) is 0 Å².